The van der Waals surface area contributed by atoms with Crippen LogP contribution in [0.2, 0.25) is 0 Å². The first kappa shape index (κ1) is 20.9. The number of piperidine rings is 1. The van der Waals surface area contributed by atoms with Gasteiger partial charge in [-0.25, -0.2) is 4.98 Å². The van der Waals surface area contributed by atoms with Gasteiger partial charge in [-0.2, -0.15) is 0 Å². The third kappa shape index (κ3) is 4.37. The van der Waals surface area contributed by atoms with Crippen LogP contribution in [0.3, 0.4) is 0 Å². The van der Waals surface area contributed by atoms with Crippen LogP contribution in [0.1, 0.15) is 41.1 Å². The molecule has 2 fully saturated rings. The average molecular weight is 528 g/mol. The van der Waals surface area contributed by atoms with Gasteiger partial charge in [0.1, 0.15) is 5.82 Å². The van der Waals surface area contributed by atoms with Crippen molar-refractivity contribution in [2.45, 2.75) is 25.2 Å². The number of fused-ring (bicyclic) bond motifs is 1. The van der Waals surface area contributed by atoms with E-state index in [-0.39, 0.29) is 3.79 Å². The number of nitrogens with zero attached hydrogens (tertiary/aromatic N) is 4. The van der Waals surface area contributed by atoms with E-state index < -0.39 is 0 Å². The number of likely N-dealkylation sites (tertiary alicyclic amines) is 1. The Hall–Kier alpha value is -1.93. The van der Waals surface area contributed by atoms with Crippen molar-refractivity contribution in [1.82, 2.24) is 14.5 Å². The number of hydrogen-bond donors (Lipinski definition) is 0. The lowest BCUT2D eigenvalue weighted by Crippen LogP contribution is -2.38. The lowest BCUT2D eigenvalue weighted by Gasteiger charge is -2.34. The molecule has 5 rings (SSSR count). The predicted molar refractivity (Wildman–Crippen MR) is 134 cm³/mol. The second-order valence-corrected chi connectivity index (χ2v) is 10.0. The fourth-order valence-electron chi connectivity index (χ4n) is 5.35. The molecule has 1 aromatic carbocycles. The molecule has 0 saturated carbocycles. The summed E-state index contributed by atoms with van der Waals surface area (Å²) in [6.07, 6.45) is 7.74. The maximum Gasteiger partial charge on any atom is 0.223 e. The Bertz CT molecular complexity index is 1070. The van der Waals surface area contributed by atoms with Crippen LogP contribution in [0.15, 0.2) is 48.8 Å². The first-order valence-corrected chi connectivity index (χ1v) is 12.3. The highest BCUT2D eigenvalue weighted by molar-refractivity contribution is 14.1. The Labute approximate surface area is 197 Å². The minimum Gasteiger partial charge on any atom is -0.357 e. The molecule has 162 valence electrons. The molecule has 2 aromatic heterocycles. The molecule has 0 radical (unpaired) electrons. The number of carbonyl (C=O) groups is 1. The molecule has 0 spiro atoms. The third-order valence-corrected chi connectivity index (χ3v) is 7.69. The van der Waals surface area contributed by atoms with Gasteiger partial charge in [0.2, 0.25) is 3.79 Å². The largest absolute Gasteiger partial charge is 0.357 e. The summed E-state index contributed by atoms with van der Waals surface area (Å²) in [6.45, 7) is 5.71. The SMILES string of the molecule is Cn1cc(C2CCN(CC3CCN(c4ccc(C(=O)I)cn4)CC3)C2)c2ccccc21. The van der Waals surface area contributed by atoms with E-state index in [1.807, 2.05) is 34.7 Å². The molecule has 31 heavy (non-hydrogen) atoms. The summed E-state index contributed by atoms with van der Waals surface area (Å²) in [7, 11) is 2.16. The van der Waals surface area contributed by atoms with Gasteiger partial charge in [0.25, 0.3) is 0 Å². The van der Waals surface area contributed by atoms with Crippen LogP contribution in [0.25, 0.3) is 10.9 Å². The van der Waals surface area contributed by atoms with Gasteiger partial charge in [-0.15, -0.1) is 0 Å². The summed E-state index contributed by atoms with van der Waals surface area (Å²) in [5.41, 5.74) is 3.54. The molecule has 2 saturated heterocycles. The number of pyridine rings is 1. The van der Waals surface area contributed by atoms with E-state index in [0.717, 1.165) is 24.8 Å². The van der Waals surface area contributed by atoms with Crippen LogP contribution >= 0.6 is 22.6 Å². The summed E-state index contributed by atoms with van der Waals surface area (Å²) < 4.78 is 2.32. The van der Waals surface area contributed by atoms with E-state index in [1.54, 1.807) is 6.20 Å². The van der Waals surface area contributed by atoms with Crippen LogP contribution in [0.5, 0.6) is 0 Å². The monoisotopic (exact) mass is 528 g/mol. The maximum atomic E-state index is 11.4. The zero-order chi connectivity index (χ0) is 21.4. The fraction of sp³-hybridized carbons (Fsp3) is 0.440. The van der Waals surface area contributed by atoms with E-state index in [0.29, 0.717) is 11.5 Å². The molecule has 0 aliphatic carbocycles. The molecule has 2 aliphatic rings. The highest BCUT2D eigenvalue weighted by Gasteiger charge is 2.29. The zero-order valence-corrected chi connectivity index (χ0v) is 20.2. The quantitative estimate of drug-likeness (QED) is 0.351. The Balaban J connectivity index is 1.16. The number of para-hydroxylation sites is 1. The van der Waals surface area contributed by atoms with E-state index in [1.165, 1.54) is 55.4 Å². The predicted octanol–water partition coefficient (Wildman–Crippen LogP) is 4.85. The van der Waals surface area contributed by atoms with Gasteiger partial charge in [-0.1, -0.05) is 18.2 Å². The third-order valence-electron chi connectivity index (χ3n) is 7.07. The molecular formula is C25H29IN4O. The Morgan fingerprint density at radius 1 is 1.10 bits per heavy atom. The van der Waals surface area contributed by atoms with Crippen molar-refractivity contribution in [3.05, 3.63) is 59.9 Å². The Morgan fingerprint density at radius 3 is 2.65 bits per heavy atom. The number of carbonyl (C=O) groups excluding carboxylic acids is 1. The van der Waals surface area contributed by atoms with Crippen molar-refractivity contribution in [3.8, 4) is 0 Å². The normalized spacial score (nSPS) is 20.6. The molecule has 0 amide bonds. The topological polar surface area (TPSA) is 41.4 Å². The fourth-order valence-corrected chi connectivity index (χ4v) is 5.67. The minimum atomic E-state index is 0.0442. The number of aryl methyl sites for hydroxylation is 1. The summed E-state index contributed by atoms with van der Waals surface area (Å²) in [4.78, 5) is 21.0. The van der Waals surface area contributed by atoms with Crippen LogP contribution in [-0.4, -0.2) is 51.0 Å². The number of anilines is 1. The highest BCUT2D eigenvalue weighted by atomic mass is 127. The molecule has 2 aliphatic heterocycles. The summed E-state index contributed by atoms with van der Waals surface area (Å²) >= 11 is 1.81. The molecule has 0 bridgehead atoms. The number of halogens is 1. The van der Waals surface area contributed by atoms with Gasteiger partial charge in [-0.3, -0.25) is 4.79 Å². The van der Waals surface area contributed by atoms with Crippen molar-refractivity contribution in [2.24, 2.45) is 13.0 Å². The first-order valence-electron chi connectivity index (χ1n) is 11.3. The van der Waals surface area contributed by atoms with Gasteiger partial charge < -0.3 is 14.4 Å². The summed E-state index contributed by atoms with van der Waals surface area (Å²) in [6, 6.07) is 12.7. The van der Waals surface area contributed by atoms with E-state index in [4.69, 9.17) is 0 Å². The number of rotatable bonds is 5. The first-order chi connectivity index (χ1) is 15.1. The van der Waals surface area contributed by atoms with Crippen LogP contribution in [0, 0.1) is 5.92 Å². The molecular weight excluding hydrogens is 499 g/mol. The van der Waals surface area contributed by atoms with Gasteiger partial charge in [-0.05, 0) is 61.4 Å². The molecule has 6 heteroatoms. The van der Waals surface area contributed by atoms with E-state index in [9.17, 15) is 4.79 Å². The van der Waals surface area contributed by atoms with E-state index in [2.05, 4.69) is 56.9 Å². The van der Waals surface area contributed by atoms with Gasteiger partial charge in [0, 0.05) is 84.7 Å². The average Bonchev–Trinajstić information content (AvgIpc) is 3.39. The molecule has 3 aromatic rings. The van der Waals surface area contributed by atoms with Crippen LogP contribution < -0.4 is 4.90 Å². The molecule has 4 heterocycles. The van der Waals surface area contributed by atoms with Gasteiger partial charge in [0.05, 0.1) is 0 Å². The lowest BCUT2D eigenvalue weighted by molar-refractivity contribution is 0.110. The highest BCUT2D eigenvalue weighted by Crippen LogP contribution is 2.34. The maximum absolute atomic E-state index is 11.4. The van der Waals surface area contributed by atoms with Crippen LogP contribution in [-0.2, 0) is 7.05 Å². The van der Waals surface area contributed by atoms with Crippen LogP contribution in [0.4, 0.5) is 5.82 Å². The second kappa shape index (κ2) is 8.90. The smallest absolute Gasteiger partial charge is 0.223 e. The van der Waals surface area contributed by atoms with Gasteiger partial charge >= 0.3 is 0 Å². The zero-order valence-electron chi connectivity index (χ0n) is 18.0. The van der Waals surface area contributed by atoms with Crippen molar-refractivity contribution in [3.63, 3.8) is 0 Å². The number of benzene rings is 1. The van der Waals surface area contributed by atoms with Crippen molar-refractivity contribution in [1.29, 1.82) is 0 Å². The molecule has 0 N–H and O–H groups in total. The molecule has 1 atom stereocenters. The summed E-state index contributed by atoms with van der Waals surface area (Å²) in [5.74, 6) is 2.41. The standard InChI is InChI=1S/C25H29IN4O/c1-28-17-22(21-4-2-3-5-23(21)28)20-10-11-29(16-20)15-18-8-12-30(13-9-18)24-7-6-19(14-27-24)25(26)31/h2-7,14,17-18,20H,8-13,15-16H2,1H3. The Kier molecular flexibility index (Phi) is 6.01. The molecule has 5 nitrogen and oxygen atoms in total. The number of aromatic nitrogens is 2. The lowest BCUT2D eigenvalue weighted by atomic mass is 9.96. The molecule has 1 unspecified atom stereocenters. The van der Waals surface area contributed by atoms with Crippen molar-refractivity contribution >= 4 is 43.1 Å². The second-order valence-electron chi connectivity index (χ2n) is 9.07. The van der Waals surface area contributed by atoms with Crippen molar-refractivity contribution in [2.75, 3.05) is 37.6 Å². The Morgan fingerprint density at radius 2 is 1.90 bits per heavy atom. The minimum absolute atomic E-state index is 0.0442. The van der Waals surface area contributed by atoms with Gasteiger partial charge in [0.15, 0.2) is 0 Å². The van der Waals surface area contributed by atoms with Crippen molar-refractivity contribution < 1.29 is 4.79 Å². The summed E-state index contributed by atoms with van der Waals surface area (Å²) in [5, 5.41) is 1.42. The number of hydrogen-bond acceptors (Lipinski definition) is 4. The van der Waals surface area contributed by atoms with E-state index >= 15 is 0 Å².